The van der Waals surface area contributed by atoms with Gasteiger partial charge in [0.1, 0.15) is 0 Å². The van der Waals surface area contributed by atoms with E-state index < -0.39 is 0 Å². The number of carbonyl (C=O) groups is 1. The maximum Gasteiger partial charge on any atom is 0.319 e. The Kier molecular flexibility index (Phi) is 5.69. The van der Waals surface area contributed by atoms with Crippen molar-refractivity contribution < 1.29 is 9.53 Å². The van der Waals surface area contributed by atoms with E-state index in [2.05, 4.69) is 19.2 Å². The molecule has 0 amide bonds. The summed E-state index contributed by atoms with van der Waals surface area (Å²) in [5.74, 6) is 0.489. The highest BCUT2D eigenvalue weighted by atomic mass is 16.5. The van der Waals surface area contributed by atoms with E-state index in [0.29, 0.717) is 25.1 Å². The molecular weight excluding hydrogens is 190 g/mol. The van der Waals surface area contributed by atoms with Gasteiger partial charge >= 0.3 is 5.97 Å². The van der Waals surface area contributed by atoms with Crippen LogP contribution in [0.1, 0.15) is 46.0 Å². The van der Waals surface area contributed by atoms with Crippen LogP contribution in [0.25, 0.3) is 0 Å². The minimum atomic E-state index is -0.109. The van der Waals surface area contributed by atoms with E-state index in [0.717, 1.165) is 6.42 Å². The summed E-state index contributed by atoms with van der Waals surface area (Å²) in [5.41, 5.74) is 0. The molecule has 0 spiro atoms. The summed E-state index contributed by atoms with van der Waals surface area (Å²) in [6.07, 6.45) is 5.95. The molecule has 1 fully saturated rings. The van der Waals surface area contributed by atoms with Gasteiger partial charge in [-0.1, -0.05) is 26.7 Å². The maximum absolute atomic E-state index is 11.3. The highest BCUT2D eigenvalue weighted by Gasteiger charge is 2.15. The quantitative estimate of drug-likeness (QED) is 0.687. The molecule has 0 saturated heterocycles. The van der Waals surface area contributed by atoms with Gasteiger partial charge in [-0.2, -0.15) is 0 Å². The largest absolute Gasteiger partial charge is 0.465 e. The van der Waals surface area contributed by atoms with Crippen molar-refractivity contribution in [1.29, 1.82) is 0 Å². The fourth-order valence-corrected chi connectivity index (χ4v) is 1.82. The van der Waals surface area contributed by atoms with Crippen LogP contribution in [0.5, 0.6) is 0 Å². The van der Waals surface area contributed by atoms with Crippen molar-refractivity contribution in [2.75, 3.05) is 13.2 Å². The first-order valence-corrected chi connectivity index (χ1v) is 6.07. The predicted molar refractivity (Wildman–Crippen MR) is 60.7 cm³/mol. The van der Waals surface area contributed by atoms with Crippen LogP contribution in [-0.4, -0.2) is 25.2 Å². The normalized spacial score (nSPS) is 17.3. The number of nitrogens with one attached hydrogen (secondary N) is 1. The van der Waals surface area contributed by atoms with Crippen molar-refractivity contribution in [3.05, 3.63) is 0 Å². The summed E-state index contributed by atoms with van der Waals surface area (Å²) in [5, 5.41) is 3.24. The number of rotatable bonds is 6. The topological polar surface area (TPSA) is 38.3 Å². The molecule has 0 aliphatic heterocycles. The molecule has 1 N–H and O–H groups in total. The number of hydrogen-bond donors (Lipinski definition) is 1. The third kappa shape index (κ3) is 5.78. The van der Waals surface area contributed by atoms with Gasteiger partial charge in [0.2, 0.25) is 0 Å². The van der Waals surface area contributed by atoms with Crippen molar-refractivity contribution in [3.63, 3.8) is 0 Å². The SMILES string of the molecule is CC(C)CCOC(=O)CNC1CCCC1. The van der Waals surface area contributed by atoms with Crippen LogP contribution in [0.2, 0.25) is 0 Å². The summed E-state index contributed by atoms with van der Waals surface area (Å²) in [6, 6.07) is 0.544. The van der Waals surface area contributed by atoms with Crippen molar-refractivity contribution in [1.82, 2.24) is 5.32 Å². The molecule has 1 aliphatic carbocycles. The van der Waals surface area contributed by atoms with Gasteiger partial charge in [0.05, 0.1) is 13.2 Å². The molecule has 0 atom stereocenters. The summed E-state index contributed by atoms with van der Waals surface area (Å²) < 4.78 is 5.11. The second kappa shape index (κ2) is 6.83. The van der Waals surface area contributed by atoms with Crippen LogP contribution in [0.4, 0.5) is 0 Å². The Morgan fingerprint density at radius 2 is 2.07 bits per heavy atom. The van der Waals surface area contributed by atoms with Crippen LogP contribution in [0.15, 0.2) is 0 Å². The molecule has 88 valence electrons. The van der Waals surface area contributed by atoms with Crippen molar-refractivity contribution in [3.8, 4) is 0 Å². The van der Waals surface area contributed by atoms with Gasteiger partial charge in [-0.05, 0) is 25.2 Å². The average Bonchev–Trinajstić information content (AvgIpc) is 2.66. The van der Waals surface area contributed by atoms with E-state index in [4.69, 9.17) is 4.74 Å². The number of ether oxygens (including phenoxy) is 1. The Labute approximate surface area is 92.6 Å². The van der Waals surface area contributed by atoms with E-state index >= 15 is 0 Å². The molecular formula is C12H23NO2. The highest BCUT2D eigenvalue weighted by molar-refractivity contribution is 5.71. The van der Waals surface area contributed by atoms with E-state index in [1.54, 1.807) is 0 Å². The summed E-state index contributed by atoms with van der Waals surface area (Å²) in [7, 11) is 0. The molecule has 1 aliphatic rings. The van der Waals surface area contributed by atoms with Gasteiger partial charge < -0.3 is 10.1 Å². The first kappa shape index (κ1) is 12.5. The molecule has 1 rings (SSSR count). The first-order valence-electron chi connectivity index (χ1n) is 6.07. The summed E-state index contributed by atoms with van der Waals surface area (Å²) in [6.45, 7) is 5.20. The summed E-state index contributed by atoms with van der Waals surface area (Å²) >= 11 is 0. The minimum absolute atomic E-state index is 0.109. The molecule has 0 aromatic heterocycles. The Bertz CT molecular complexity index is 186. The van der Waals surface area contributed by atoms with Crippen LogP contribution in [0, 0.1) is 5.92 Å². The third-order valence-corrected chi connectivity index (χ3v) is 2.85. The predicted octanol–water partition coefficient (Wildman–Crippen LogP) is 2.11. The molecule has 0 unspecified atom stereocenters. The lowest BCUT2D eigenvalue weighted by Gasteiger charge is -2.11. The third-order valence-electron chi connectivity index (χ3n) is 2.85. The second-order valence-corrected chi connectivity index (χ2v) is 4.77. The smallest absolute Gasteiger partial charge is 0.319 e. The second-order valence-electron chi connectivity index (χ2n) is 4.77. The number of carbonyl (C=O) groups excluding carboxylic acids is 1. The highest BCUT2D eigenvalue weighted by Crippen LogP contribution is 2.17. The van der Waals surface area contributed by atoms with E-state index in [1.165, 1.54) is 25.7 Å². The lowest BCUT2D eigenvalue weighted by Crippen LogP contribution is -2.32. The zero-order chi connectivity index (χ0) is 11.1. The van der Waals surface area contributed by atoms with Crippen LogP contribution in [0.3, 0.4) is 0 Å². The Hall–Kier alpha value is -0.570. The van der Waals surface area contributed by atoms with Crippen LogP contribution >= 0.6 is 0 Å². The fourth-order valence-electron chi connectivity index (χ4n) is 1.82. The molecule has 15 heavy (non-hydrogen) atoms. The lowest BCUT2D eigenvalue weighted by molar-refractivity contribution is -0.143. The molecule has 0 heterocycles. The molecule has 3 heteroatoms. The molecule has 3 nitrogen and oxygen atoms in total. The van der Waals surface area contributed by atoms with Gasteiger partial charge in [0, 0.05) is 6.04 Å². The van der Waals surface area contributed by atoms with Crippen molar-refractivity contribution in [2.45, 2.75) is 52.0 Å². The first-order chi connectivity index (χ1) is 7.18. The van der Waals surface area contributed by atoms with Gasteiger partial charge in [-0.3, -0.25) is 4.79 Å². The minimum Gasteiger partial charge on any atom is -0.465 e. The van der Waals surface area contributed by atoms with Gasteiger partial charge in [0.15, 0.2) is 0 Å². The molecule has 1 saturated carbocycles. The average molecular weight is 213 g/mol. The van der Waals surface area contributed by atoms with Gasteiger partial charge in [0.25, 0.3) is 0 Å². The Morgan fingerprint density at radius 1 is 1.40 bits per heavy atom. The van der Waals surface area contributed by atoms with E-state index in [-0.39, 0.29) is 5.97 Å². The number of hydrogen-bond acceptors (Lipinski definition) is 3. The van der Waals surface area contributed by atoms with E-state index in [1.807, 2.05) is 0 Å². The zero-order valence-electron chi connectivity index (χ0n) is 9.92. The summed E-state index contributed by atoms with van der Waals surface area (Å²) in [4.78, 5) is 11.3. The maximum atomic E-state index is 11.3. The Morgan fingerprint density at radius 3 is 2.67 bits per heavy atom. The van der Waals surface area contributed by atoms with Crippen LogP contribution < -0.4 is 5.32 Å². The fraction of sp³-hybridized carbons (Fsp3) is 0.917. The zero-order valence-corrected chi connectivity index (χ0v) is 9.92. The van der Waals surface area contributed by atoms with Crippen molar-refractivity contribution >= 4 is 5.97 Å². The molecule has 0 aromatic rings. The number of esters is 1. The standard InChI is InChI=1S/C12H23NO2/c1-10(2)7-8-15-12(14)9-13-11-5-3-4-6-11/h10-11,13H,3-9H2,1-2H3. The van der Waals surface area contributed by atoms with Gasteiger partial charge in [-0.25, -0.2) is 0 Å². The molecule has 0 aromatic carbocycles. The monoisotopic (exact) mass is 213 g/mol. The lowest BCUT2D eigenvalue weighted by atomic mass is 10.1. The van der Waals surface area contributed by atoms with Gasteiger partial charge in [-0.15, -0.1) is 0 Å². The molecule has 0 bridgehead atoms. The van der Waals surface area contributed by atoms with Crippen LogP contribution in [-0.2, 0) is 9.53 Å². The molecule has 0 radical (unpaired) electrons. The Balaban J connectivity index is 1.98. The van der Waals surface area contributed by atoms with E-state index in [9.17, 15) is 4.79 Å². The van der Waals surface area contributed by atoms with Crippen molar-refractivity contribution in [2.24, 2.45) is 5.92 Å².